The number of sulfonamides is 1. The second kappa shape index (κ2) is 8.65. The van der Waals surface area contributed by atoms with Crippen molar-refractivity contribution in [1.29, 1.82) is 0 Å². The topological polar surface area (TPSA) is 110 Å². The fourth-order valence-electron chi connectivity index (χ4n) is 2.12. The van der Waals surface area contributed by atoms with Crippen molar-refractivity contribution in [3.05, 3.63) is 64.7 Å². The van der Waals surface area contributed by atoms with Crippen LogP contribution in [0.1, 0.15) is 15.9 Å². The highest BCUT2D eigenvalue weighted by molar-refractivity contribution is 7.91. The minimum atomic E-state index is -3.86. The molecule has 0 atom stereocenters. The summed E-state index contributed by atoms with van der Waals surface area (Å²) in [5.74, 6) is 0.236. The number of rotatable bonds is 7. The van der Waals surface area contributed by atoms with Gasteiger partial charge in [-0.2, -0.15) is 0 Å². The molecular formula is C17H15ClN4O4S2. The Morgan fingerprint density at radius 3 is 2.43 bits per heavy atom. The SMILES string of the molecule is COc1ccc(CNS(=O)(=O)c2nnc(NC(=O)c3ccc(Cl)cc3)s2)cc1. The van der Waals surface area contributed by atoms with Crippen LogP contribution in [0.2, 0.25) is 5.02 Å². The second-order valence-corrected chi connectivity index (χ2v) is 8.86. The number of hydrogen-bond donors (Lipinski definition) is 2. The molecule has 0 radical (unpaired) electrons. The molecule has 0 saturated heterocycles. The lowest BCUT2D eigenvalue weighted by Crippen LogP contribution is -2.23. The van der Waals surface area contributed by atoms with Gasteiger partial charge in [0.25, 0.3) is 15.9 Å². The molecule has 0 aliphatic heterocycles. The van der Waals surface area contributed by atoms with Crippen LogP contribution < -0.4 is 14.8 Å². The number of ether oxygens (including phenoxy) is 1. The lowest BCUT2D eigenvalue weighted by atomic mass is 10.2. The van der Waals surface area contributed by atoms with Crippen molar-refractivity contribution in [2.24, 2.45) is 0 Å². The van der Waals surface area contributed by atoms with Gasteiger partial charge in [0.05, 0.1) is 7.11 Å². The van der Waals surface area contributed by atoms with Gasteiger partial charge < -0.3 is 4.74 Å². The van der Waals surface area contributed by atoms with Crippen LogP contribution in [0.3, 0.4) is 0 Å². The third-order valence-corrected chi connectivity index (χ3v) is 6.45. The molecule has 8 nitrogen and oxygen atoms in total. The zero-order valence-electron chi connectivity index (χ0n) is 14.5. The third kappa shape index (κ3) is 5.04. The van der Waals surface area contributed by atoms with E-state index in [4.69, 9.17) is 16.3 Å². The van der Waals surface area contributed by atoms with E-state index < -0.39 is 15.9 Å². The zero-order chi connectivity index (χ0) is 20.1. The summed E-state index contributed by atoms with van der Waals surface area (Å²) in [5, 5.41) is 10.5. The van der Waals surface area contributed by atoms with Gasteiger partial charge in [0.2, 0.25) is 9.47 Å². The first-order valence-corrected chi connectivity index (χ1v) is 10.6. The first-order valence-electron chi connectivity index (χ1n) is 7.90. The average Bonchev–Trinajstić information content (AvgIpc) is 3.17. The molecule has 0 unspecified atom stereocenters. The number of nitrogens with zero attached hydrogens (tertiary/aromatic N) is 2. The lowest BCUT2D eigenvalue weighted by molar-refractivity contribution is 0.102. The highest BCUT2D eigenvalue weighted by atomic mass is 35.5. The Kier molecular flexibility index (Phi) is 6.25. The maximum Gasteiger partial charge on any atom is 0.270 e. The van der Waals surface area contributed by atoms with Crippen LogP contribution in [-0.4, -0.2) is 31.6 Å². The molecule has 3 aromatic rings. The molecule has 1 heterocycles. The Morgan fingerprint density at radius 1 is 1.11 bits per heavy atom. The normalized spacial score (nSPS) is 11.2. The van der Waals surface area contributed by atoms with Crippen LogP contribution in [0.5, 0.6) is 5.75 Å². The van der Waals surface area contributed by atoms with Gasteiger partial charge in [-0.3, -0.25) is 10.1 Å². The van der Waals surface area contributed by atoms with Crippen molar-refractivity contribution in [2.45, 2.75) is 10.9 Å². The molecule has 3 rings (SSSR count). The molecular weight excluding hydrogens is 424 g/mol. The number of methoxy groups -OCH3 is 1. The maximum absolute atomic E-state index is 12.4. The van der Waals surface area contributed by atoms with Crippen LogP contribution in [-0.2, 0) is 16.6 Å². The first-order chi connectivity index (χ1) is 13.4. The Labute approximate surface area is 170 Å². The molecule has 2 N–H and O–H groups in total. The van der Waals surface area contributed by atoms with Crippen LogP contribution in [0.4, 0.5) is 5.13 Å². The number of carbonyl (C=O) groups is 1. The van der Waals surface area contributed by atoms with E-state index in [1.807, 2.05) is 0 Å². The minimum absolute atomic E-state index is 0.0739. The summed E-state index contributed by atoms with van der Waals surface area (Å²) in [7, 11) is -2.31. The van der Waals surface area contributed by atoms with E-state index in [9.17, 15) is 13.2 Å². The van der Waals surface area contributed by atoms with E-state index in [1.165, 1.54) is 0 Å². The van der Waals surface area contributed by atoms with Crippen molar-refractivity contribution in [1.82, 2.24) is 14.9 Å². The van der Waals surface area contributed by atoms with Gasteiger partial charge in [-0.1, -0.05) is 35.1 Å². The fourth-order valence-corrected chi connectivity index (χ4v) is 4.20. The second-order valence-electron chi connectivity index (χ2n) is 5.51. The Hall–Kier alpha value is -2.53. The van der Waals surface area contributed by atoms with Gasteiger partial charge in [-0.05, 0) is 42.0 Å². The predicted molar refractivity (Wildman–Crippen MR) is 106 cm³/mol. The van der Waals surface area contributed by atoms with Gasteiger partial charge in [0, 0.05) is 17.1 Å². The number of hydrogen-bond acceptors (Lipinski definition) is 7. The number of halogens is 1. The standard InChI is InChI=1S/C17H15ClN4O4S2/c1-26-14-8-2-11(3-9-14)10-19-28(24,25)17-22-21-16(27-17)20-15(23)12-4-6-13(18)7-5-12/h2-9,19H,10H2,1H3,(H,20,21,23). The van der Waals surface area contributed by atoms with Crippen LogP contribution >= 0.6 is 22.9 Å². The van der Waals surface area contributed by atoms with Crippen LogP contribution in [0, 0.1) is 0 Å². The van der Waals surface area contributed by atoms with Gasteiger partial charge in [0.1, 0.15) is 5.75 Å². The van der Waals surface area contributed by atoms with E-state index in [0.29, 0.717) is 16.3 Å². The van der Waals surface area contributed by atoms with E-state index in [1.54, 1.807) is 55.6 Å². The van der Waals surface area contributed by atoms with Gasteiger partial charge in [0.15, 0.2) is 0 Å². The number of aromatic nitrogens is 2. The molecule has 11 heteroatoms. The number of carbonyl (C=O) groups excluding carboxylic acids is 1. The van der Waals surface area contributed by atoms with E-state index >= 15 is 0 Å². The number of benzene rings is 2. The summed E-state index contributed by atoms with van der Waals surface area (Å²) in [4.78, 5) is 12.2. The molecule has 1 aromatic heterocycles. The Morgan fingerprint density at radius 2 is 1.79 bits per heavy atom. The van der Waals surface area contributed by atoms with Crippen molar-refractivity contribution >= 4 is 44.0 Å². The summed E-state index contributed by atoms with van der Waals surface area (Å²) in [6.07, 6.45) is 0. The molecule has 0 bridgehead atoms. The average molecular weight is 439 g/mol. The Bertz CT molecular complexity index is 1070. The van der Waals surface area contributed by atoms with Gasteiger partial charge >= 0.3 is 0 Å². The maximum atomic E-state index is 12.4. The predicted octanol–water partition coefficient (Wildman–Crippen LogP) is 2.93. The number of nitrogens with one attached hydrogen (secondary N) is 2. The number of anilines is 1. The first kappa shape index (κ1) is 20.2. The largest absolute Gasteiger partial charge is 0.497 e. The van der Waals surface area contributed by atoms with Crippen LogP contribution in [0.25, 0.3) is 0 Å². The third-order valence-electron chi connectivity index (χ3n) is 3.59. The molecule has 0 fully saturated rings. The molecule has 0 saturated carbocycles. The van der Waals surface area contributed by atoms with Gasteiger partial charge in [-0.15, -0.1) is 10.2 Å². The van der Waals surface area contributed by atoms with Crippen molar-refractivity contribution in [3.8, 4) is 5.75 Å². The molecule has 146 valence electrons. The number of amides is 1. The van der Waals surface area contributed by atoms with E-state index in [2.05, 4.69) is 20.2 Å². The molecule has 28 heavy (non-hydrogen) atoms. The fraction of sp³-hybridized carbons (Fsp3) is 0.118. The highest BCUT2D eigenvalue weighted by Gasteiger charge is 2.21. The van der Waals surface area contributed by atoms with Gasteiger partial charge in [-0.25, -0.2) is 13.1 Å². The highest BCUT2D eigenvalue weighted by Crippen LogP contribution is 2.21. The monoisotopic (exact) mass is 438 g/mol. The minimum Gasteiger partial charge on any atom is -0.497 e. The lowest BCUT2D eigenvalue weighted by Gasteiger charge is -2.05. The zero-order valence-corrected chi connectivity index (χ0v) is 16.9. The van der Waals surface area contributed by atoms with Crippen LogP contribution in [0.15, 0.2) is 52.9 Å². The summed E-state index contributed by atoms with van der Waals surface area (Å²) < 4.78 is 32.0. The smallest absolute Gasteiger partial charge is 0.270 e. The van der Waals surface area contributed by atoms with E-state index in [-0.39, 0.29) is 16.0 Å². The van der Waals surface area contributed by atoms with Crippen molar-refractivity contribution in [2.75, 3.05) is 12.4 Å². The molecule has 2 aromatic carbocycles. The molecule has 0 aliphatic carbocycles. The molecule has 0 aliphatic rings. The summed E-state index contributed by atoms with van der Waals surface area (Å²) >= 11 is 6.54. The summed E-state index contributed by atoms with van der Waals surface area (Å²) in [6.45, 7) is 0.0817. The molecule has 0 spiro atoms. The summed E-state index contributed by atoms with van der Waals surface area (Å²) in [5.41, 5.74) is 1.12. The molecule has 1 amide bonds. The van der Waals surface area contributed by atoms with E-state index in [0.717, 1.165) is 16.9 Å². The van der Waals surface area contributed by atoms with Crippen molar-refractivity contribution in [3.63, 3.8) is 0 Å². The Balaban J connectivity index is 1.64. The van der Waals surface area contributed by atoms with Crippen molar-refractivity contribution < 1.29 is 17.9 Å². The summed E-state index contributed by atoms with van der Waals surface area (Å²) in [6, 6.07) is 13.2. The quantitative estimate of drug-likeness (QED) is 0.549.